The highest BCUT2D eigenvalue weighted by Gasteiger charge is 2.27. The summed E-state index contributed by atoms with van der Waals surface area (Å²) in [6.45, 7) is 5.57. The molecule has 1 fully saturated rings. The lowest BCUT2D eigenvalue weighted by Gasteiger charge is -2.28. The van der Waals surface area contributed by atoms with E-state index in [9.17, 15) is 9.59 Å². The number of carbonyl (C=O) groups is 2. The van der Waals surface area contributed by atoms with E-state index in [2.05, 4.69) is 16.0 Å². The van der Waals surface area contributed by atoms with Gasteiger partial charge in [-0.15, -0.1) is 0 Å². The number of amides is 2. The molecule has 1 saturated heterocycles. The second-order valence-corrected chi connectivity index (χ2v) is 6.85. The number of hydrogen-bond donors (Lipinski definition) is 3. The van der Waals surface area contributed by atoms with Crippen LogP contribution in [0.15, 0.2) is 18.2 Å². The van der Waals surface area contributed by atoms with Gasteiger partial charge in [-0.3, -0.25) is 9.59 Å². The van der Waals surface area contributed by atoms with Crippen LogP contribution in [0.2, 0.25) is 0 Å². The highest BCUT2D eigenvalue weighted by atomic mass is 16.5. The van der Waals surface area contributed by atoms with Crippen LogP contribution in [0, 0.1) is 5.92 Å². The fourth-order valence-electron chi connectivity index (χ4n) is 2.96. The lowest BCUT2D eigenvalue weighted by Crippen LogP contribution is -2.54. The molecule has 0 saturated carbocycles. The molecule has 0 aromatic heterocycles. The Labute approximate surface area is 154 Å². The van der Waals surface area contributed by atoms with Crippen molar-refractivity contribution in [2.75, 3.05) is 27.3 Å². The second kappa shape index (κ2) is 9.43. The number of ether oxygens (including phenoxy) is 2. The summed E-state index contributed by atoms with van der Waals surface area (Å²) in [4.78, 5) is 25.3. The van der Waals surface area contributed by atoms with E-state index in [0.717, 1.165) is 25.9 Å². The van der Waals surface area contributed by atoms with Gasteiger partial charge in [-0.1, -0.05) is 13.8 Å². The van der Waals surface area contributed by atoms with Gasteiger partial charge in [-0.2, -0.15) is 0 Å². The van der Waals surface area contributed by atoms with E-state index in [-0.39, 0.29) is 23.8 Å². The van der Waals surface area contributed by atoms with Crippen LogP contribution in [0.4, 0.5) is 0 Å². The number of rotatable bonds is 7. The van der Waals surface area contributed by atoms with Gasteiger partial charge in [0.25, 0.3) is 5.91 Å². The van der Waals surface area contributed by atoms with Gasteiger partial charge in [0.15, 0.2) is 0 Å². The molecule has 144 valence electrons. The number of nitrogens with one attached hydrogen (secondary N) is 3. The first kappa shape index (κ1) is 20.0. The highest BCUT2D eigenvalue weighted by Crippen LogP contribution is 2.22. The minimum atomic E-state index is -0.610. The maximum atomic E-state index is 12.7. The average molecular weight is 363 g/mol. The summed E-state index contributed by atoms with van der Waals surface area (Å²) >= 11 is 0. The van der Waals surface area contributed by atoms with Crippen LogP contribution < -0.4 is 25.4 Å². The molecule has 7 heteroatoms. The third-order valence-electron chi connectivity index (χ3n) is 4.49. The van der Waals surface area contributed by atoms with Gasteiger partial charge in [0.1, 0.15) is 17.5 Å². The predicted octanol–water partition coefficient (Wildman–Crippen LogP) is 1.33. The average Bonchev–Trinajstić information content (AvgIpc) is 2.65. The number of carbonyl (C=O) groups excluding carboxylic acids is 2. The van der Waals surface area contributed by atoms with Crippen molar-refractivity contribution in [2.45, 2.75) is 38.8 Å². The summed E-state index contributed by atoms with van der Waals surface area (Å²) < 4.78 is 10.4. The molecule has 2 amide bonds. The van der Waals surface area contributed by atoms with Gasteiger partial charge < -0.3 is 25.4 Å². The van der Waals surface area contributed by atoms with Gasteiger partial charge in [0.2, 0.25) is 5.91 Å². The van der Waals surface area contributed by atoms with E-state index in [1.807, 2.05) is 13.8 Å². The standard InChI is InChI=1S/C19H29N3O4/c1-12(2)17(19(24)21-14-6-5-7-20-11-14)22-18(23)13-8-15(25-3)10-16(9-13)26-4/h8-10,12,14,17,20H,5-7,11H2,1-4H3,(H,21,24)(H,22,23)/t14-,17?/m0/s1. The first-order chi connectivity index (χ1) is 12.4. The van der Waals surface area contributed by atoms with Gasteiger partial charge in [0, 0.05) is 24.2 Å². The van der Waals surface area contributed by atoms with Crippen LogP contribution >= 0.6 is 0 Å². The van der Waals surface area contributed by atoms with Crippen LogP contribution in [-0.4, -0.2) is 51.2 Å². The van der Waals surface area contributed by atoms with Crippen molar-refractivity contribution >= 4 is 11.8 Å². The van der Waals surface area contributed by atoms with Crippen molar-refractivity contribution in [1.82, 2.24) is 16.0 Å². The Morgan fingerprint density at radius 3 is 2.31 bits per heavy atom. The zero-order valence-corrected chi connectivity index (χ0v) is 15.9. The summed E-state index contributed by atoms with van der Waals surface area (Å²) in [6, 6.07) is 4.43. The molecule has 7 nitrogen and oxygen atoms in total. The molecular weight excluding hydrogens is 334 g/mol. The van der Waals surface area contributed by atoms with E-state index >= 15 is 0 Å². The lowest BCUT2D eigenvalue weighted by atomic mass is 10.0. The third-order valence-corrected chi connectivity index (χ3v) is 4.49. The van der Waals surface area contributed by atoms with Gasteiger partial charge in [-0.05, 0) is 37.4 Å². The lowest BCUT2D eigenvalue weighted by molar-refractivity contribution is -0.124. The fourth-order valence-corrected chi connectivity index (χ4v) is 2.96. The summed E-state index contributed by atoms with van der Waals surface area (Å²) in [5, 5.41) is 9.15. The fraction of sp³-hybridized carbons (Fsp3) is 0.579. The van der Waals surface area contributed by atoms with E-state index in [4.69, 9.17) is 9.47 Å². The van der Waals surface area contributed by atoms with E-state index < -0.39 is 6.04 Å². The number of piperidine rings is 1. The predicted molar refractivity (Wildman–Crippen MR) is 99.7 cm³/mol. The molecule has 1 heterocycles. The van der Waals surface area contributed by atoms with Gasteiger partial charge in [-0.25, -0.2) is 0 Å². The Morgan fingerprint density at radius 1 is 1.15 bits per heavy atom. The molecule has 26 heavy (non-hydrogen) atoms. The molecule has 2 rings (SSSR count). The van der Waals surface area contributed by atoms with Crippen LogP contribution in [0.5, 0.6) is 11.5 Å². The van der Waals surface area contributed by atoms with Crippen LogP contribution in [0.3, 0.4) is 0 Å². The summed E-state index contributed by atoms with van der Waals surface area (Å²) in [7, 11) is 3.05. The summed E-state index contributed by atoms with van der Waals surface area (Å²) in [5.74, 6) is 0.513. The maximum Gasteiger partial charge on any atom is 0.252 e. The molecule has 1 aliphatic rings. The molecule has 0 aliphatic carbocycles. The van der Waals surface area contributed by atoms with E-state index in [0.29, 0.717) is 17.1 Å². The number of benzene rings is 1. The number of hydrogen-bond acceptors (Lipinski definition) is 5. The molecule has 1 aliphatic heterocycles. The zero-order valence-electron chi connectivity index (χ0n) is 15.9. The van der Waals surface area contributed by atoms with Gasteiger partial charge in [0.05, 0.1) is 14.2 Å². The minimum absolute atomic E-state index is 0.0389. The monoisotopic (exact) mass is 363 g/mol. The van der Waals surface area contributed by atoms with E-state index in [1.54, 1.807) is 18.2 Å². The molecule has 0 radical (unpaired) electrons. The Morgan fingerprint density at radius 2 is 1.81 bits per heavy atom. The summed E-state index contributed by atoms with van der Waals surface area (Å²) in [6.07, 6.45) is 1.98. The van der Waals surface area contributed by atoms with Crippen molar-refractivity contribution in [3.63, 3.8) is 0 Å². The normalized spacial score (nSPS) is 18.1. The molecule has 1 unspecified atom stereocenters. The first-order valence-corrected chi connectivity index (χ1v) is 8.99. The topological polar surface area (TPSA) is 88.7 Å². The van der Waals surface area contributed by atoms with Crippen molar-refractivity contribution in [1.29, 1.82) is 0 Å². The largest absolute Gasteiger partial charge is 0.497 e. The maximum absolute atomic E-state index is 12.7. The Bertz CT molecular complexity index is 605. The van der Waals surface area contributed by atoms with Crippen molar-refractivity contribution in [2.24, 2.45) is 5.92 Å². The Hall–Kier alpha value is -2.28. The minimum Gasteiger partial charge on any atom is -0.497 e. The Kier molecular flexibility index (Phi) is 7.26. The van der Waals surface area contributed by atoms with Crippen molar-refractivity contribution in [3.05, 3.63) is 23.8 Å². The quantitative estimate of drug-likeness (QED) is 0.680. The third kappa shape index (κ3) is 5.36. The SMILES string of the molecule is COc1cc(OC)cc(C(=O)NC(C(=O)N[C@H]2CCCNC2)C(C)C)c1. The van der Waals surface area contributed by atoms with Crippen LogP contribution in [0.25, 0.3) is 0 Å². The molecule has 0 spiro atoms. The summed E-state index contributed by atoms with van der Waals surface area (Å²) in [5.41, 5.74) is 0.388. The zero-order chi connectivity index (χ0) is 19.1. The molecule has 1 aromatic rings. The molecule has 3 N–H and O–H groups in total. The Balaban J connectivity index is 2.08. The molecule has 2 atom stereocenters. The first-order valence-electron chi connectivity index (χ1n) is 8.99. The van der Waals surface area contributed by atoms with Crippen LogP contribution in [0.1, 0.15) is 37.0 Å². The molecule has 0 bridgehead atoms. The molecular formula is C19H29N3O4. The van der Waals surface area contributed by atoms with Crippen molar-refractivity contribution < 1.29 is 19.1 Å². The second-order valence-electron chi connectivity index (χ2n) is 6.85. The molecule has 1 aromatic carbocycles. The number of methoxy groups -OCH3 is 2. The van der Waals surface area contributed by atoms with Crippen molar-refractivity contribution in [3.8, 4) is 11.5 Å². The van der Waals surface area contributed by atoms with E-state index in [1.165, 1.54) is 14.2 Å². The highest BCUT2D eigenvalue weighted by molar-refractivity contribution is 5.98. The van der Waals surface area contributed by atoms with Crippen LogP contribution in [-0.2, 0) is 4.79 Å². The van der Waals surface area contributed by atoms with Gasteiger partial charge >= 0.3 is 0 Å². The smallest absolute Gasteiger partial charge is 0.252 e.